The molecule has 1 aliphatic rings. The number of carbonyl (C=O) groups excluding carboxylic acids is 1. The van der Waals surface area contributed by atoms with E-state index in [0.717, 1.165) is 19.5 Å². The highest BCUT2D eigenvalue weighted by Gasteiger charge is 2.24. The summed E-state index contributed by atoms with van der Waals surface area (Å²) in [5, 5.41) is 2.96. The van der Waals surface area contributed by atoms with E-state index < -0.39 is 0 Å². The fourth-order valence-corrected chi connectivity index (χ4v) is 2.61. The zero-order valence-electron chi connectivity index (χ0n) is 12.3. The van der Waals surface area contributed by atoms with E-state index in [2.05, 4.69) is 27.1 Å². The Bertz CT molecular complexity index is 478. The molecule has 1 fully saturated rings. The fourth-order valence-electron chi connectivity index (χ4n) is 2.61. The molecule has 2 rings (SSSR count). The first-order chi connectivity index (χ1) is 9.65. The van der Waals surface area contributed by atoms with Crippen molar-refractivity contribution in [1.82, 2.24) is 20.2 Å². The van der Waals surface area contributed by atoms with Gasteiger partial charge in [0, 0.05) is 18.8 Å². The van der Waals surface area contributed by atoms with Crippen molar-refractivity contribution < 1.29 is 9.53 Å². The van der Waals surface area contributed by atoms with Gasteiger partial charge < -0.3 is 10.1 Å². The zero-order valence-corrected chi connectivity index (χ0v) is 12.3. The molecule has 0 aliphatic carbocycles. The molecule has 1 amide bonds. The molecule has 0 radical (unpaired) electrons. The topological polar surface area (TPSA) is 67.4 Å². The van der Waals surface area contributed by atoms with E-state index in [0.29, 0.717) is 29.9 Å². The van der Waals surface area contributed by atoms with Gasteiger partial charge in [0.15, 0.2) is 0 Å². The van der Waals surface area contributed by atoms with Crippen LogP contribution >= 0.6 is 0 Å². The van der Waals surface area contributed by atoms with Crippen LogP contribution in [0.5, 0.6) is 5.88 Å². The molecule has 2 heterocycles. The number of hydrogen-bond donors (Lipinski definition) is 1. The fraction of sp³-hybridized carbons (Fsp3) is 0.643. The Labute approximate surface area is 119 Å². The molecule has 1 aromatic heterocycles. The van der Waals surface area contributed by atoms with Gasteiger partial charge in [-0.1, -0.05) is 6.92 Å². The van der Waals surface area contributed by atoms with Crippen LogP contribution in [0, 0.1) is 6.92 Å². The maximum atomic E-state index is 12.2. The number of nitrogens with one attached hydrogen (secondary N) is 1. The van der Waals surface area contributed by atoms with Crippen molar-refractivity contribution in [3.8, 4) is 5.88 Å². The molecular formula is C14H22N4O2. The summed E-state index contributed by atoms with van der Waals surface area (Å²) in [4.78, 5) is 22.8. The Morgan fingerprint density at radius 3 is 3.10 bits per heavy atom. The van der Waals surface area contributed by atoms with Crippen molar-refractivity contribution in [3.05, 3.63) is 17.6 Å². The van der Waals surface area contributed by atoms with E-state index in [9.17, 15) is 4.79 Å². The molecule has 110 valence electrons. The minimum atomic E-state index is -0.176. The van der Waals surface area contributed by atoms with Crippen LogP contribution in [0.2, 0.25) is 0 Å². The molecule has 0 unspecified atom stereocenters. The minimum Gasteiger partial charge on any atom is -0.480 e. The molecule has 1 aliphatic heterocycles. The van der Waals surface area contributed by atoms with E-state index in [1.165, 1.54) is 19.7 Å². The third-order valence-electron chi connectivity index (χ3n) is 3.72. The maximum absolute atomic E-state index is 12.2. The van der Waals surface area contributed by atoms with E-state index in [1.54, 1.807) is 6.92 Å². The number of hydrogen-bond acceptors (Lipinski definition) is 5. The quantitative estimate of drug-likeness (QED) is 0.870. The van der Waals surface area contributed by atoms with Crippen LogP contribution < -0.4 is 10.1 Å². The summed E-state index contributed by atoms with van der Waals surface area (Å²) in [6, 6.07) is 0.432. The molecule has 0 spiro atoms. The Morgan fingerprint density at radius 2 is 2.40 bits per heavy atom. The van der Waals surface area contributed by atoms with Crippen molar-refractivity contribution in [2.75, 3.05) is 26.7 Å². The SMILES string of the molecule is CCN1CCC[C@H]1CNC(=O)c1cnc(C)nc1OC. The molecule has 20 heavy (non-hydrogen) atoms. The third-order valence-corrected chi connectivity index (χ3v) is 3.72. The highest BCUT2D eigenvalue weighted by atomic mass is 16.5. The van der Waals surface area contributed by atoms with Crippen molar-refractivity contribution in [2.45, 2.75) is 32.7 Å². The number of likely N-dealkylation sites (N-methyl/N-ethyl adjacent to an activating group) is 1. The van der Waals surface area contributed by atoms with Crippen LogP contribution in [0.1, 0.15) is 35.9 Å². The van der Waals surface area contributed by atoms with Crippen LogP contribution in [-0.4, -0.2) is 53.6 Å². The second-order valence-electron chi connectivity index (χ2n) is 4.97. The zero-order chi connectivity index (χ0) is 14.5. The van der Waals surface area contributed by atoms with Gasteiger partial charge in [-0.2, -0.15) is 4.98 Å². The molecule has 1 aromatic rings. The second kappa shape index (κ2) is 6.65. The summed E-state index contributed by atoms with van der Waals surface area (Å²) in [6.07, 6.45) is 3.85. The highest BCUT2D eigenvalue weighted by molar-refractivity contribution is 5.96. The summed E-state index contributed by atoms with van der Waals surface area (Å²) >= 11 is 0. The summed E-state index contributed by atoms with van der Waals surface area (Å²) in [7, 11) is 1.51. The van der Waals surface area contributed by atoms with Crippen LogP contribution in [-0.2, 0) is 0 Å². The van der Waals surface area contributed by atoms with Gasteiger partial charge in [-0.25, -0.2) is 4.98 Å². The molecule has 1 atom stereocenters. The van der Waals surface area contributed by atoms with E-state index >= 15 is 0 Å². The normalized spacial score (nSPS) is 19.1. The number of carbonyl (C=O) groups is 1. The van der Waals surface area contributed by atoms with Crippen molar-refractivity contribution in [2.24, 2.45) is 0 Å². The predicted molar refractivity (Wildman–Crippen MR) is 75.9 cm³/mol. The average Bonchev–Trinajstić information content (AvgIpc) is 2.92. The number of amides is 1. The van der Waals surface area contributed by atoms with Gasteiger partial charge in [0.1, 0.15) is 11.4 Å². The predicted octanol–water partition coefficient (Wildman–Crippen LogP) is 1.01. The largest absolute Gasteiger partial charge is 0.480 e. The average molecular weight is 278 g/mol. The van der Waals surface area contributed by atoms with Gasteiger partial charge in [-0.15, -0.1) is 0 Å². The number of aryl methyl sites for hydroxylation is 1. The molecule has 6 nitrogen and oxygen atoms in total. The van der Waals surface area contributed by atoms with E-state index in [4.69, 9.17) is 4.74 Å². The number of rotatable bonds is 5. The lowest BCUT2D eigenvalue weighted by atomic mass is 10.2. The molecular weight excluding hydrogens is 256 g/mol. The monoisotopic (exact) mass is 278 g/mol. The third kappa shape index (κ3) is 3.25. The first-order valence-electron chi connectivity index (χ1n) is 7.05. The van der Waals surface area contributed by atoms with E-state index in [1.807, 2.05) is 0 Å². The number of aromatic nitrogens is 2. The van der Waals surface area contributed by atoms with Crippen LogP contribution in [0.25, 0.3) is 0 Å². The number of methoxy groups -OCH3 is 1. The smallest absolute Gasteiger partial charge is 0.258 e. The molecule has 0 aromatic carbocycles. The van der Waals surface area contributed by atoms with Gasteiger partial charge in [0.2, 0.25) is 5.88 Å². The van der Waals surface area contributed by atoms with Gasteiger partial charge in [0.05, 0.1) is 7.11 Å². The maximum Gasteiger partial charge on any atom is 0.258 e. The molecule has 1 saturated heterocycles. The van der Waals surface area contributed by atoms with Crippen molar-refractivity contribution in [1.29, 1.82) is 0 Å². The summed E-state index contributed by atoms with van der Waals surface area (Å²) in [5.41, 5.74) is 0.388. The first-order valence-corrected chi connectivity index (χ1v) is 7.05. The van der Waals surface area contributed by atoms with Gasteiger partial charge in [-0.3, -0.25) is 9.69 Å². The van der Waals surface area contributed by atoms with Crippen molar-refractivity contribution >= 4 is 5.91 Å². The summed E-state index contributed by atoms with van der Waals surface area (Å²) in [6.45, 7) is 6.72. The molecule has 1 N–H and O–H groups in total. The molecule has 6 heteroatoms. The van der Waals surface area contributed by atoms with Gasteiger partial charge in [0.25, 0.3) is 5.91 Å². The Morgan fingerprint density at radius 1 is 1.60 bits per heavy atom. The first kappa shape index (κ1) is 14.7. The Balaban J connectivity index is 1.98. The number of likely N-dealkylation sites (tertiary alicyclic amines) is 1. The Hall–Kier alpha value is -1.69. The number of ether oxygens (including phenoxy) is 1. The molecule has 0 bridgehead atoms. The standard InChI is InChI=1S/C14H22N4O2/c1-4-18-7-5-6-11(18)8-16-13(19)12-9-15-10(2)17-14(12)20-3/h9,11H,4-8H2,1-3H3,(H,16,19)/t11-/m0/s1. The lowest BCUT2D eigenvalue weighted by Gasteiger charge is -2.22. The lowest BCUT2D eigenvalue weighted by molar-refractivity contribution is 0.0937. The van der Waals surface area contributed by atoms with Crippen molar-refractivity contribution in [3.63, 3.8) is 0 Å². The highest BCUT2D eigenvalue weighted by Crippen LogP contribution is 2.17. The number of nitrogens with zero attached hydrogens (tertiary/aromatic N) is 3. The molecule has 0 saturated carbocycles. The Kier molecular flexibility index (Phi) is 4.89. The van der Waals surface area contributed by atoms with Crippen LogP contribution in [0.3, 0.4) is 0 Å². The lowest BCUT2D eigenvalue weighted by Crippen LogP contribution is -2.40. The summed E-state index contributed by atoms with van der Waals surface area (Å²) < 4.78 is 5.14. The van der Waals surface area contributed by atoms with E-state index in [-0.39, 0.29) is 5.91 Å². The van der Waals surface area contributed by atoms with Gasteiger partial charge >= 0.3 is 0 Å². The second-order valence-corrected chi connectivity index (χ2v) is 4.97. The van der Waals surface area contributed by atoms with Crippen LogP contribution in [0.4, 0.5) is 0 Å². The minimum absolute atomic E-state index is 0.176. The summed E-state index contributed by atoms with van der Waals surface area (Å²) in [5.74, 6) is 0.741. The van der Waals surface area contributed by atoms with Gasteiger partial charge in [-0.05, 0) is 32.9 Å². The van der Waals surface area contributed by atoms with Crippen LogP contribution in [0.15, 0.2) is 6.20 Å².